The molecular formula is C15H14F3NO2. The molecule has 1 aromatic heterocycles. The lowest BCUT2D eigenvalue weighted by molar-refractivity contribution is -0.138. The van der Waals surface area contributed by atoms with Crippen molar-refractivity contribution in [3.8, 4) is 22.6 Å². The molecule has 3 nitrogen and oxygen atoms in total. The molecule has 2 aromatic rings. The number of alkyl halides is 3. The minimum Gasteiger partial charge on any atom is -0.496 e. The summed E-state index contributed by atoms with van der Waals surface area (Å²) in [5.41, 5.74) is 1.19. The number of rotatable bonds is 3. The van der Waals surface area contributed by atoms with Crippen molar-refractivity contribution in [2.24, 2.45) is 0 Å². The standard InChI is InChI=1S/C15H14F3NO2/c1-9-4-10(8-19-7-9)11-5-14(21-3)12(15(16,17)18)6-13(11)20-2/h4-8H,1-3H3. The number of hydrogen-bond donors (Lipinski definition) is 0. The monoisotopic (exact) mass is 297 g/mol. The van der Waals surface area contributed by atoms with Crippen molar-refractivity contribution in [3.05, 3.63) is 41.7 Å². The van der Waals surface area contributed by atoms with E-state index >= 15 is 0 Å². The quantitative estimate of drug-likeness (QED) is 0.855. The Balaban J connectivity index is 2.67. The van der Waals surface area contributed by atoms with Crippen molar-refractivity contribution in [2.45, 2.75) is 13.1 Å². The Kier molecular flexibility index (Phi) is 4.06. The maximum Gasteiger partial charge on any atom is 0.420 e. The summed E-state index contributed by atoms with van der Waals surface area (Å²) in [5.74, 6) is -0.129. The van der Waals surface area contributed by atoms with Crippen molar-refractivity contribution in [1.82, 2.24) is 4.98 Å². The van der Waals surface area contributed by atoms with Crippen LogP contribution < -0.4 is 9.47 Å². The van der Waals surface area contributed by atoms with E-state index in [4.69, 9.17) is 9.47 Å². The van der Waals surface area contributed by atoms with Crippen LogP contribution in [0.1, 0.15) is 11.1 Å². The zero-order valence-electron chi connectivity index (χ0n) is 11.8. The number of pyridine rings is 1. The molecule has 0 amide bonds. The first-order valence-electron chi connectivity index (χ1n) is 6.12. The number of methoxy groups -OCH3 is 2. The lowest BCUT2D eigenvalue weighted by Gasteiger charge is -2.16. The minimum absolute atomic E-state index is 0.121. The minimum atomic E-state index is -4.51. The maximum absolute atomic E-state index is 13.0. The van der Waals surface area contributed by atoms with Crippen LogP contribution in [0.15, 0.2) is 30.6 Å². The van der Waals surface area contributed by atoms with Gasteiger partial charge >= 0.3 is 6.18 Å². The molecule has 0 aliphatic carbocycles. The van der Waals surface area contributed by atoms with E-state index in [9.17, 15) is 13.2 Å². The third kappa shape index (κ3) is 3.09. The van der Waals surface area contributed by atoms with Gasteiger partial charge in [-0.05, 0) is 30.7 Å². The molecule has 0 atom stereocenters. The fraction of sp³-hybridized carbons (Fsp3) is 0.267. The fourth-order valence-corrected chi connectivity index (χ4v) is 2.05. The number of benzene rings is 1. The first-order valence-corrected chi connectivity index (χ1v) is 6.12. The molecule has 0 spiro atoms. The molecule has 0 bridgehead atoms. The first-order chi connectivity index (χ1) is 9.86. The van der Waals surface area contributed by atoms with E-state index < -0.39 is 11.7 Å². The van der Waals surface area contributed by atoms with Gasteiger partial charge < -0.3 is 9.47 Å². The molecule has 112 valence electrons. The summed E-state index contributed by atoms with van der Waals surface area (Å²) in [5, 5.41) is 0. The molecule has 0 aliphatic heterocycles. The summed E-state index contributed by atoms with van der Waals surface area (Å²) >= 11 is 0. The number of hydrogen-bond acceptors (Lipinski definition) is 3. The van der Waals surface area contributed by atoms with Gasteiger partial charge in [0, 0.05) is 23.5 Å². The second kappa shape index (κ2) is 5.63. The average molecular weight is 297 g/mol. The Labute approximate surface area is 120 Å². The molecule has 0 aliphatic rings. The van der Waals surface area contributed by atoms with Crippen LogP contribution in [0.3, 0.4) is 0 Å². The summed E-state index contributed by atoms with van der Waals surface area (Å²) in [7, 11) is 2.53. The first kappa shape index (κ1) is 15.2. The van der Waals surface area contributed by atoms with E-state index in [1.165, 1.54) is 20.3 Å². The van der Waals surface area contributed by atoms with E-state index in [-0.39, 0.29) is 11.5 Å². The van der Waals surface area contributed by atoms with Crippen molar-refractivity contribution < 1.29 is 22.6 Å². The molecule has 2 rings (SSSR count). The third-order valence-electron chi connectivity index (χ3n) is 3.01. The van der Waals surface area contributed by atoms with Crippen LogP contribution in [-0.2, 0) is 6.18 Å². The lowest BCUT2D eigenvalue weighted by Crippen LogP contribution is -2.08. The fourth-order valence-electron chi connectivity index (χ4n) is 2.05. The molecular weight excluding hydrogens is 283 g/mol. The Morgan fingerprint density at radius 2 is 1.62 bits per heavy atom. The zero-order valence-corrected chi connectivity index (χ0v) is 11.8. The van der Waals surface area contributed by atoms with E-state index in [2.05, 4.69) is 4.98 Å². The normalized spacial score (nSPS) is 11.3. The van der Waals surface area contributed by atoms with Crippen LogP contribution in [0.25, 0.3) is 11.1 Å². The lowest BCUT2D eigenvalue weighted by atomic mass is 10.0. The molecule has 0 radical (unpaired) electrons. The molecule has 6 heteroatoms. The van der Waals surface area contributed by atoms with Gasteiger partial charge in [0.2, 0.25) is 0 Å². The van der Waals surface area contributed by atoms with Crippen molar-refractivity contribution in [3.63, 3.8) is 0 Å². The SMILES string of the molecule is COc1cc(C(F)(F)F)c(OC)cc1-c1cncc(C)c1. The number of aryl methyl sites for hydroxylation is 1. The van der Waals surface area contributed by atoms with E-state index in [1.54, 1.807) is 12.4 Å². The largest absolute Gasteiger partial charge is 0.496 e. The highest BCUT2D eigenvalue weighted by molar-refractivity contribution is 5.73. The Morgan fingerprint density at radius 3 is 2.14 bits per heavy atom. The summed E-state index contributed by atoms with van der Waals surface area (Å²) in [6.45, 7) is 1.85. The third-order valence-corrected chi connectivity index (χ3v) is 3.01. The van der Waals surface area contributed by atoms with Gasteiger partial charge in [0.15, 0.2) is 0 Å². The topological polar surface area (TPSA) is 31.4 Å². The van der Waals surface area contributed by atoms with Gasteiger partial charge in [0.05, 0.1) is 14.2 Å². The number of nitrogens with zero attached hydrogens (tertiary/aromatic N) is 1. The van der Waals surface area contributed by atoms with Gasteiger partial charge in [-0.1, -0.05) is 0 Å². The van der Waals surface area contributed by atoms with Crippen LogP contribution in [-0.4, -0.2) is 19.2 Å². The summed E-state index contributed by atoms with van der Waals surface area (Å²) in [6, 6.07) is 4.08. The van der Waals surface area contributed by atoms with Gasteiger partial charge in [-0.2, -0.15) is 13.2 Å². The second-order valence-corrected chi connectivity index (χ2v) is 4.50. The van der Waals surface area contributed by atoms with Gasteiger partial charge in [0.1, 0.15) is 17.1 Å². The van der Waals surface area contributed by atoms with Crippen LogP contribution in [0.5, 0.6) is 11.5 Å². The molecule has 21 heavy (non-hydrogen) atoms. The molecule has 0 N–H and O–H groups in total. The highest BCUT2D eigenvalue weighted by atomic mass is 19.4. The van der Waals surface area contributed by atoms with Gasteiger partial charge in [-0.15, -0.1) is 0 Å². The highest BCUT2D eigenvalue weighted by Gasteiger charge is 2.35. The molecule has 1 aromatic carbocycles. The molecule has 1 heterocycles. The molecule has 0 saturated carbocycles. The summed E-state index contributed by atoms with van der Waals surface area (Å²) < 4.78 is 49.0. The van der Waals surface area contributed by atoms with Gasteiger partial charge in [-0.3, -0.25) is 4.98 Å². The summed E-state index contributed by atoms with van der Waals surface area (Å²) in [6.07, 6.45) is -1.28. The maximum atomic E-state index is 13.0. The highest BCUT2D eigenvalue weighted by Crippen LogP contribution is 2.43. The molecule has 0 unspecified atom stereocenters. The van der Waals surface area contributed by atoms with Gasteiger partial charge in [-0.25, -0.2) is 0 Å². The van der Waals surface area contributed by atoms with E-state index in [1.807, 2.05) is 13.0 Å². The Hall–Kier alpha value is -2.24. The average Bonchev–Trinajstić information content (AvgIpc) is 2.44. The van der Waals surface area contributed by atoms with E-state index in [0.717, 1.165) is 11.6 Å². The predicted octanol–water partition coefficient (Wildman–Crippen LogP) is 4.09. The number of aromatic nitrogens is 1. The van der Waals surface area contributed by atoms with E-state index in [0.29, 0.717) is 11.1 Å². The van der Waals surface area contributed by atoms with Crippen LogP contribution in [0, 0.1) is 6.92 Å². The Bertz CT molecular complexity index is 654. The smallest absolute Gasteiger partial charge is 0.420 e. The molecule has 0 fully saturated rings. The Morgan fingerprint density at radius 1 is 0.952 bits per heavy atom. The number of halogens is 3. The number of ether oxygens (including phenoxy) is 2. The summed E-state index contributed by atoms with van der Waals surface area (Å²) in [4.78, 5) is 4.04. The predicted molar refractivity (Wildman–Crippen MR) is 72.5 cm³/mol. The molecule has 0 saturated heterocycles. The zero-order chi connectivity index (χ0) is 15.6. The van der Waals surface area contributed by atoms with Crippen molar-refractivity contribution in [2.75, 3.05) is 14.2 Å². The second-order valence-electron chi connectivity index (χ2n) is 4.50. The van der Waals surface area contributed by atoms with Crippen molar-refractivity contribution in [1.29, 1.82) is 0 Å². The van der Waals surface area contributed by atoms with Crippen LogP contribution in [0.4, 0.5) is 13.2 Å². The van der Waals surface area contributed by atoms with Gasteiger partial charge in [0.25, 0.3) is 0 Å². The van der Waals surface area contributed by atoms with Crippen molar-refractivity contribution >= 4 is 0 Å². The van der Waals surface area contributed by atoms with Crippen LogP contribution in [0.2, 0.25) is 0 Å². The van der Waals surface area contributed by atoms with Crippen LogP contribution >= 0.6 is 0 Å².